The summed E-state index contributed by atoms with van der Waals surface area (Å²) in [6, 6.07) is 9.42. The van der Waals surface area contributed by atoms with Crippen molar-refractivity contribution in [3.63, 3.8) is 0 Å². The number of rotatable bonds is 9. The lowest BCUT2D eigenvalue weighted by Crippen LogP contribution is -2.44. The number of nitrogens with zero attached hydrogens (tertiary/aromatic N) is 1. The van der Waals surface area contributed by atoms with Gasteiger partial charge in [0, 0.05) is 24.5 Å². The minimum atomic E-state index is -4.66. The molecule has 2 aromatic rings. The van der Waals surface area contributed by atoms with Crippen molar-refractivity contribution in [2.24, 2.45) is 5.92 Å². The number of nitrogens with one attached hydrogen (secondary N) is 1. The van der Waals surface area contributed by atoms with Crippen LogP contribution in [0.15, 0.2) is 53.4 Å². The SMILES string of the molecule is CCC(C1CCN(C(=O)C[C@H](NS(C)(=O)=O)c2ccc(Cl)cc2)CC1)S(=O)(=O)c1cccc(C(F)(F)F)c1. The molecule has 1 heterocycles. The van der Waals surface area contributed by atoms with Crippen LogP contribution in [0, 0.1) is 5.92 Å². The standard InChI is InChI=1S/C25H30ClF3N2O5S2/c1-3-23(38(35,36)21-6-4-5-19(15-21)25(27,28)29)18-11-13-31(14-12-18)24(32)16-22(30-37(2,33)34)17-7-9-20(26)10-8-17/h4-10,15,18,22-23,30H,3,11-14,16H2,1-2H3/t22-,23?/m0/s1. The zero-order valence-corrected chi connectivity index (χ0v) is 23.3. The first-order chi connectivity index (χ1) is 17.6. The van der Waals surface area contributed by atoms with Gasteiger partial charge in [0.2, 0.25) is 15.9 Å². The predicted molar refractivity (Wildman–Crippen MR) is 139 cm³/mol. The molecule has 0 saturated carbocycles. The topological polar surface area (TPSA) is 101 Å². The Bertz CT molecular complexity index is 1340. The van der Waals surface area contributed by atoms with Gasteiger partial charge in [-0.1, -0.05) is 36.7 Å². The molecule has 1 saturated heterocycles. The van der Waals surface area contributed by atoms with Crippen LogP contribution in [0.25, 0.3) is 0 Å². The highest BCUT2D eigenvalue weighted by atomic mass is 35.5. The number of sulfone groups is 1. The average Bonchev–Trinajstić information content (AvgIpc) is 2.83. The molecule has 1 aliphatic heterocycles. The van der Waals surface area contributed by atoms with Crippen LogP contribution in [0.5, 0.6) is 0 Å². The van der Waals surface area contributed by atoms with Crippen LogP contribution in [0.1, 0.15) is 49.8 Å². The number of piperidine rings is 1. The van der Waals surface area contributed by atoms with Gasteiger partial charge in [-0.2, -0.15) is 13.2 Å². The zero-order chi connectivity index (χ0) is 28.3. The summed E-state index contributed by atoms with van der Waals surface area (Å²) < 4.78 is 92.3. The largest absolute Gasteiger partial charge is 0.416 e. The Morgan fingerprint density at radius 1 is 1.08 bits per heavy atom. The van der Waals surface area contributed by atoms with E-state index < -0.39 is 42.9 Å². The number of sulfonamides is 1. The fourth-order valence-corrected chi connectivity index (χ4v) is 7.82. The van der Waals surface area contributed by atoms with E-state index in [0.717, 1.165) is 18.4 Å². The molecule has 0 aliphatic carbocycles. The Balaban J connectivity index is 1.70. The first kappa shape index (κ1) is 30.4. The van der Waals surface area contributed by atoms with Crippen molar-refractivity contribution >= 4 is 37.4 Å². The molecule has 3 rings (SSSR count). The van der Waals surface area contributed by atoms with Gasteiger partial charge in [-0.15, -0.1) is 0 Å². The van der Waals surface area contributed by atoms with Gasteiger partial charge in [-0.3, -0.25) is 4.79 Å². The molecule has 1 N–H and O–H groups in total. The van der Waals surface area contributed by atoms with E-state index in [4.69, 9.17) is 11.6 Å². The van der Waals surface area contributed by atoms with E-state index in [2.05, 4.69) is 4.72 Å². The predicted octanol–water partition coefficient (Wildman–Crippen LogP) is 4.83. The summed E-state index contributed by atoms with van der Waals surface area (Å²) in [6.45, 7) is 2.19. The Labute approximate surface area is 226 Å². The Hall–Kier alpha value is -2.15. The molecule has 1 unspecified atom stereocenters. The summed E-state index contributed by atoms with van der Waals surface area (Å²) in [6.07, 6.45) is -2.87. The minimum absolute atomic E-state index is 0.140. The summed E-state index contributed by atoms with van der Waals surface area (Å²) in [5.41, 5.74) is -0.451. The van der Waals surface area contributed by atoms with Crippen LogP contribution in [0.2, 0.25) is 5.02 Å². The molecule has 0 aromatic heterocycles. The van der Waals surface area contributed by atoms with Crippen molar-refractivity contribution in [1.82, 2.24) is 9.62 Å². The van der Waals surface area contributed by atoms with Crippen LogP contribution in [-0.2, 0) is 30.8 Å². The molecule has 13 heteroatoms. The fraction of sp³-hybridized carbons (Fsp3) is 0.480. The molecular weight excluding hydrogens is 565 g/mol. The first-order valence-electron chi connectivity index (χ1n) is 12.0. The van der Waals surface area contributed by atoms with Gasteiger partial charge in [0.1, 0.15) is 0 Å². The number of halogens is 4. The molecule has 7 nitrogen and oxygen atoms in total. The third-order valence-corrected chi connectivity index (χ3v) is 10.1. The highest BCUT2D eigenvalue weighted by Crippen LogP contribution is 2.35. The van der Waals surface area contributed by atoms with Crippen molar-refractivity contribution in [1.29, 1.82) is 0 Å². The second-order valence-electron chi connectivity index (χ2n) is 9.43. The number of hydrogen-bond donors (Lipinski definition) is 1. The molecular formula is C25H30ClF3N2O5S2. The molecule has 38 heavy (non-hydrogen) atoms. The zero-order valence-electron chi connectivity index (χ0n) is 20.9. The lowest BCUT2D eigenvalue weighted by molar-refractivity contribution is -0.137. The van der Waals surface area contributed by atoms with Gasteiger partial charge in [0.05, 0.1) is 28.0 Å². The molecule has 1 aliphatic rings. The van der Waals surface area contributed by atoms with Crippen molar-refractivity contribution in [2.75, 3.05) is 19.3 Å². The van der Waals surface area contributed by atoms with Crippen LogP contribution >= 0.6 is 11.6 Å². The van der Waals surface area contributed by atoms with Crippen molar-refractivity contribution < 1.29 is 34.8 Å². The maximum absolute atomic E-state index is 13.3. The van der Waals surface area contributed by atoms with Gasteiger partial charge in [0.15, 0.2) is 9.84 Å². The van der Waals surface area contributed by atoms with E-state index in [1.54, 1.807) is 36.1 Å². The van der Waals surface area contributed by atoms with Crippen molar-refractivity contribution in [2.45, 2.75) is 55.0 Å². The van der Waals surface area contributed by atoms with Crippen LogP contribution < -0.4 is 4.72 Å². The van der Waals surface area contributed by atoms with E-state index >= 15 is 0 Å². The summed E-state index contributed by atoms with van der Waals surface area (Å²) in [4.78, 5) is 14.3. The maximum Gasteiger partial charge on any atom is 0.416 e. The molecule has 210 valence electrons. The molecule has 2 aromatic carbocycles. The number of carbonyl (C=O) groups is 1. The van der Waals surface area contributed by atoms with E-state index in [-0.39, 0.29) is 42.7 Å². The highest BCUT2D eigenvalue weighted by Gasteiger charge is 2.38. The second-order valence-corrected chi connectivity index (χ2v) is 13.8. The van der Waals surface area contributed by atoms with Crippen molar-refractivity contribution in [3.8, 4) is 0 Å². The molecule has 1 fully saturated rings. The third kappa shape index (κ3) is 7.71. The van der Waals surface area contributed by atoms with E-state index in [9.17, 15) is 34.8 Å². The maximum atomic E-state index is 13.3. The fourth-order valence-electron chi connectivity index (χ4n) is 4.84. The van der Waals surface area contributed by atoms with Gasteiger partial charge in [0.25, 0.3) is 0 Å². The lowest BCUT2D eigenvalue weighted by Gasteiger charge is -2.36. The van der Waals surface area contributed by atoms with Crippen LogP contribution in [0.4, 0.5) is 13.2 Å². The normalized spacial score (nSPS) is 17.3. The second kappa shape index (κ2) is 11.9. The molecule has 0 bridgehead atoms. The quantitative estimate of drug-likeness (QED) is 0.448. The molecule has 1 amide bonds. The lowest BCUT2D eigenvalue weighted by atomic mass is 9.91. The molecule has 0 spiro atoms. The summed E-state index contributed by atoms with van der Waals surface area (Å²) in [5, 5.41) is -0.428. The van der Waals surface area contributed by atoms with E-state index in [1.807, 2.05) is 0 Å². The summed E-state index contributed by atoms with van der Waals surface area (Å²) in [5.74, 6) is -0.641. The molecule has 0 radical (unpaired) electrons. The first-order valence-corrected chi connectivity index (χ1v) is 15.8. The molecule has 2 atom stereocenters. The van der Waals surface area contributed by atoms with E-state index in [0.29, 0.717) is 29.5 Å². The number of alkyl halides is 3. The van der Waals surface area contributed by atoms with Gasteiger partial charge in [-0.05, 0) is 61.1 Å². The minimum Gasteiger partial charge on any atom is -0.343 e. The Morgan fingerprint density at radius 3 is 2.21 bits per heavy atom. The summed E-state index contributed by atoms with van der Waals surface area (Å²) in [7, 11) is -7.67. The number of carbonyl (C=O) groups excluding carboxylic acids is 1. The van der Waals surface area contributed by atoms with Gasteiger partial charge < -0.3 is 4.90 Å². The number of hydrogen-bond acceptors (Lipinski definition) is 5. The van der Waals surface area contributed by atoms with Crippen molar-refractivity contribution in [3.05, 3.63) is 64.7 Å². The third-order valence-electron chi connectivity index (χ3n) is 6.72. The highest BCUT2D eigenvalue weighted by molar-refractivity contribution is 7.92. The van der Waals surface area contributed by atoms with E-state index in [1.165, 1.54) is 6.07 Å². The monoisotopic (exact) mass is 594 g/mol. The Morgan fingerprint density at radius 2 is 1.68 bits per heavy atom. The average molecular weight is 595 g/mol. The smallest absolute Gasteiger partial charge is 0.343 e. The Kier molecular flexibility index (Phi) is 9.54. The number of amides is 1. The number of likely N-dealkylation sites (tertiary alicyclic amines) is 1. The van der Waals surface area contributed by atoms with Gasteiger partial charge >= 0.3 is 6.18 Å². The van der Waals surface area contributed by atoms with Crippen LogP contribution in [-0.4, -0.2) is 52.2 Å². The van der Waals surface area contributed by atoms with Crippen LogP contribution in [0.3, 0.4) is 0 Å². The number of benzene rings is 2. The van der Waals surface area contributed by atoms with Gasteiger partial charge in [-0.25, -0.2) is 21.6 Å². The summed E-state index contributed by atoms with van der Waals surface area (Å²) >= 11 is 5.92.